The van der Waals surface area contributed by atoms with Gasteiger partial charge in [0.2, 0.25) is 11.8 Å². The van der Waals surface area contributed by atoms with E-state index in [2.05, 4.69) is 28.6 Å². The fourth-order valence-corrected chi connectivity index (χ4v) is 4.69. The van der Waals surface area contributed by atoms with Crippen molar-refractivity contribution in [1.29, 1.82) is 0 Å². The minimum atomic E-state index is -0.405. The predicted molar refractivity (Wildman–Crippen MR) is 111 cm³/mol. The lowest BCUT2D eigenvalue weighted by Crippen LogP contribution is -2.51. The van der Waals surface area contributed by atoms with E-state index in [1.807, 2.05) is 35.7 Å². The number of carbonyl (C=O) groups excluding carboxylic acids is 2. The van der Waals surface area contributed by atoms with Crippen molar-refractivity contribution in [3.8, 4) is 0 Å². The molecule has 0 unspecified atom stereocenters. The zero-order valence-corrected chi connectivity index (χ0v) is 17.4. The molecular formula is C23H30N4O2. The molecule has 1 fully saturated rings. The Morgan fingerprint density at radius 2 is 2.03 bits per heavy atom. The number of nitrogens with zero attached hydrogens (tertiary/aromatic N) is 3. The predicted octanol–water partition coefficient (Wildman–Crippen LogP) is 2.53. The van der Waals surface area contributed by atoms with Gasteiger partial charge in [-0.25, -0.2) is 0 Å². The van der Waals surface area contributed by atoms with E-state index in [4.69, 9.17) is 0 Å². The summed E-state index contributed by atoms with van der Waals surface area (Å²) >= 11 is 0. The molecule has 1 aliphatic heterocycles. The second-order valence-corrected chi connectivity index (χ2v) is 8.38. The van der Waals surface area contributed by atoms with Crippen LogP contribution in [0, 0.1) is 12.8 Å². The molecule has 0 spiro atoms. The number of aromatic nitrogens is 2. The van der Waals surface area contributed by atoms with Crippen molar-refractivity contribution in [2.75, 3.05) is 6.54 Å². The number of benzene rings is 1. The van der Waals surface area contributed by atoms with E-state index in [9.17, 15) is 9.59 Å². The summed E-state index contributed by atoms with van der Waals surface area (Å²) in [5, 5.41) is 7.43. The summed E-state index contributed by atoms with van der Waals surface area (Å²) in [5.74, 6) is 0.00151. The molecule has 2 amide bonds. The molecular weight excluding hydrogens is 364 g/mol. The van der Waals surface area contributed by atoms with E-state index in [0.717, 1.165) is 49.9 Å². The van der Waals surface area contributed by atoms with Gasteiger partial charge in [0.1, 0.15) is 6.04 Å². The first kappa shape index (κ1) is 19.7. The molecule has 2 aliphatic rings. The molecule has 0 saturated carbocycles. The Bertz CT molecular complexity index is 904. The van der Waals surface area contributed by atoms with Gasteiger partial charge in [0.25, 0.3) is 0 Å². The van der Waals surface area contributed by atoms with Gasteiger partial charge in [-0.05, 0) is 62.6 Å². The van der Waals surface area contributed by atoms with Crippen LogP contribution < -0.4 is 5.32 Å². The first-order valence-corrected chi connectivity index (χ1v) is 10.7. The second-order valence-electron chi connectivity index (χ2n) is 8.38. The van der Waals surface area contributed by atoms with Crippen LogP contribution in [0.5, 0.6) is 0 Å². The lowest BCUT2D eigenvalue weighted by molar-refractivity contribution is -0.144. The molecule has 2 atom stereocenters. The fourth-order valence-electron chi connectivity index (χ4n) is 4.69. The molecule has 6 nitrogen and oxygen atoms in total. The molecule has 1 saturated heterocycles. The van der Waals surface area contributed by atoms with Gasteiger partial charge in [-0.2, -0.15) is 5.10 Å². The van der Waals surface area contributed by atoms with Crippen molar-refractivity contribution in [3.63, 3.8) is 0 Å². The summed E-state index contributed by atoms with van der Waals surface area (Å²) in [5.41, 5.74) is 4.49. The molecule has 1 aliphatic carbocycles. The zero-order chi connectivity index (χ0) is 20.4. The van der Waals surface area contributed by atoms with Crippen LogP contribution in [0.1, 0.15) is 48.2 Å². The highest BCUT2D eigenvalue weighted by Gasteiger charge is 2.36. The van der Waals surface area contributed by atoms with Crippen LogP contribution in [0.2, 0.25) is 0 Å². The van der Waals surface area contributed by atoms with Gasteiger partial charge in [0.05, 0.1) is 17.9 Å². The van der Waals surface area contributed by atoms with Crippen molar-refractivity contribution in [1.82, 2.24) is 20.0 Å². The number of rotatable bonds is 4. The molecule has 2 heterocycles. The summed E-state index contributed by atoms with van der Waals surface area (Å²) < 4.78 is 1.82. The normalized spacial score (nSPS) is 21.8. The van der Waals surface area contributed by atoms with Crippen molar-refractivity contribution in [2.45, 2.75) is 58.0 Å². The van der Waals surface area contributed by atoms with Gasteiger partial charge in [0, 0.05) is 19.5 Å². The van der Waals surface area contributed by atoms with E-state index in [0.29, 0.717) is 13.1 Å². The van der Waals surface area contributed by atoms with Crippen LogP contribution in [0.25, 0.3) is 0 Å². The minimum Gasteiger partial charge on any atom is -0.354 e. The highest BCUT2D eigenvalue weighted by molar-refractivity contribution is 5.89. The van der Waals surface area contributed by atoms with Gasteiger partial charge in [-0.3, -0.25) is 14.3 Å². The first-order valence-electron chi connectivity index (χ1n) is 10.7. The Labute approximate surface area is 172 Å². The maximum absolute atomic E-state index is 13.7. The largest absolute Gasteiger partial charge is 0.354 e. The number of hydrogen-bond acceptors (Lipinski definition) is 3. The monoisotopic (exact) mass is 394 g/mol. The van der Waals surface area contributed by atoms with Crippen LogP contribution >= 0.6 is 0 Å². The number of nitrogens with one attached hydrogen (secondary N) is 1. The summed E-state index contributed by atoms with van der Waals surface area (Å²) in [6.07, 6.45) is 5.15. The molecule has 29 heavy (non-hydrogen) atoms. The van der Waals surface area contributed by atoms with Crippen LogP contribution in [0.3, 0.4) is 0 Å². The fraction of sp³-hybridized carbons (Fsp3) is 0.522. The Hall–Kier alpha value is -2.63. The Morgan fingerprint density at radius 3 is 2.79 bits per heavy atom. The van der Waals surface area contributed by atoms with Crippen molar-refractivity contribution in [2.24, 2.45) is 13.0 Å². The van der Waals surface area contributed by atoms with Gasteiger partial charge in [0.15, 0.2) is 0 Å². The van der Waals surface area contributed by atoms with Crippen molar-refractivity contribution >= 4 is 11.8 Å². The molecule has 154 valence electrons. The molecule has 0 radical (unpaired) electrons. The molecule has 1 aromatic heterocycles. The SMILES string of the molecule is Cc1cc(CN(C(=O)[C@@H]2CCc3ccccc3C2)[C@H]2CCCCNC2=O)n(C)n1. The van der Waals surface area contributed by atoms with Crippen LogP contribution in [-0.2, 0) is 36.0 Å². The Morgan fingerprint density at radius 1 is 1.24 bits per heavy atom. The third kappa shape index (κ3) is 4.21. The smallest absolute Gasteiger partial charge is 0.242 e. The number of carbonyl (C=O) groups is 2. The zero-order valence-electron chi connectivity index (χ0n) is 17.4. The van der Waals surface area contributed by atoms with E-state index in [1.165, 1.54) is 11.1 Å². The van der Waals surface area contributed by atoms with Gasteiger partial charge in [-0.15, -0.1) is 0 Å². The summed E-state index contributed by atoms with van der Waals surface area (Å²) in [7, 11) is 1.90. The standard InChI is InChI=1S/C23H30N4O2/c1-16-13-20(26(2)25-16)15-27(21-9-5-6-12-24-22(21)28)23(29)19-11-10-17-7-3-4-8-18(17)14-19/h3-4,7-8,13,19,21H,5-6,9-12,14-15H2,1-2H3,(H,24,28)/t19-,21+/m1/s1. The lowest BCUT2D eigenvalue weighted by atomic mass is 9.83. The topological polar surface area (TPSA) is 67.2 Å². The van der Waals surface area contributed by atoms with Gasteiger partial charge < -0.3 is 10.2 Å². The van der Waals surface area contributed by atoms with E-state index >= 15 is 0 Å². The maximum atomic E-state index is 13.7. The van der Waals surface area contributed by atoms with Crippen molar-refractivity contribution in [3.05, 3.63) is 52.8 Å². The molecule has 1 aromatic carbocycles. The highest BCUT2D eigenvalue weighted by atomic mass is 16.2. The van der Waals surface area contributed by atoms with Crippen molar-refractivity contribution < 1.29 is 9.59 Å². The first-order chi connectivity index (χ1) is 14.0. The molecule has 2 aromatic rings. The number of hydrogen-bond donors (Lipinski definition) is 1. The molecule has 4 rings (SSSR count). The van der Waals surface area contributed by atoms with E-state index in [1.54, 1.807) is 0 Å². The average molecular weight is 395 g/mol. The third-order valence-electron chi connectivity index (χ3n) is 6.29. The van der Waals surface area contributed by atoms with Crippen LogP contribution in [0.4, 0.5) is 0 Å². The minimum absolute atomic E-state index is 0.0223. The lowest BCUT2D eigenvalue weighted by Gasteiger charge is -2.34. The summed E-state index contributed by atoms with van der Waals surface area (Å²) in [6.45, 7) is 3.07. The van der Waals surface area contributed by atoms with E-state index in [-0.39, 0.29) is 17.7 Å². The number of fused-ring (bicyclic) bond motifs is 1. The molecule has 0 bridgehead atoms. The van der Waals surface area contributed by atoms with Gasteiger partial charge in [-0.1, -0.05) is 24.3 Å². The van der Waals surface area contributed by atoms with Crippen LogP contribution in [0.15, 0.2) is 30.3 Å². The Kier molecular flexibility index (Phi) is 5.69. The van der Waals surface area contributed by atoms with Gasteiger partial charge >= 0.3 is 0 Å². The molecule has 6 heteroatoms. The number of aryl methyl sites for hydroxylation is 3. The van der Waals surface area contributed by atoms with E-state index < -0.39 is 6.04 Å². The number of amides is 2. The second kappa shape index (κ2) is 8.39. The molecule has 1 N–H and O–H groups in total. The third-order valence-corrected chi connectivity index (χ3v) is 6.29. The quantitative estimate of drug-likeness (QED) is 0.867. The summed E-state index contributed by atoms with van der Waals surface area (Å²) in [4.78, 5) is 28.3. The highest BCUT2D eigenvalue weighted by Crippen LogP contribution is 2.29. The Balaban J connectivity index is 1.61. The average Bonchev–Trinajstić information content (AvgIpc) is 2.90. The maximum Gasteiger partial charge on any atom is 0.242 e. The summed E-state index contributed by atoms with van der Waals surface area (Å²) in [6, 6.07) is 9.99. The van der Waals surface area contributed by atoms with Crippen LogP contribution in [-0.4, -0.2) is 39.1 Å².